The number of carbonyl (C=O) groups excluding carboxylic acids is 2. The Bertz CT molecular complexity index is 742. The van der Waals surface area contributed by atoms with Crippen LogP contribution in [0.1, 0.15) is 26.4 Å². The first-order valence-corrected chi connectivity index (χ1v) is 5.76. The van der Waals surface area contributed by atoms with Gasteiger partial charge in [-0.1, -0.05) is 0 Å². The molecule has 1 aliphatic heterocycles. The van der Waals surface area contributed by atoms with Gasteiger partial charge in [0.05, 0.1) is 11.1 Å². The van der Waals surface area contributed by atoms with Crippen LogP contribution in [0.3, 0.4) is 0 Å². The summed E-state index contributed by atoms with van der Waals surface area (Å²) in [6.07, 6.45) is 1.79. The first kappa shape index (κ1) is 10.9. The molecule has 0 atom stereocenters. The fourth-order valence-corrected chi connectivity index (χ4v) is 2.38. The second-order valence-electron chi connectivity index (χ2n) is 4.08. The molecule has 0 spiro atoms. The molecule has 2 N–H and O–H groups in total. The summed E-state index contributed by atoms with van der Waals surface area (Å²) in [7, 11) is 0. The molecular weight excluding hydrogens is 250 g/mol. The number of nitrogens with zero attached hydrogens (tertiary/aromatic N) is 1. The Morgan fingerprint density at radius 2 is 1.89 bits per heavy atom. The largest absolute Gasteiger partial charge is 0.337 e. The molecule has 0 bridgehead atoms. The van der Waals surface area contributed by atoms with Crippen molar-refractivity contribution in [1.82, 2.24) is 14.9 Å². The van der Waals surface area contributed by atoms with E-state index in [1.165, 1.54) is 0 Å². The zero-order chi connectivity index (χ0) is 12.9. The lowest BCUT2D eigenvalue weighted by atomic mass is 10.1. The number of amides is 2. The summed E-state index contributed by atoms with van der Waals surface area (Å²) in [5.74, 6) is -0.715. The van der Waals surface area contributed by atoms with Crippen LogP contribution in [0.15, 0.2) is 24.4 Å². The number of carbonyl (C=O) groups is 2. The van der Waals surface area contributed by atoms with E-state index in [0.29, 0.717) is 15.9 Å². The topological polar surface area (TPSA) is 66.9 Å². The van der Waals surface area contributed by atoms with Crippen molar-refractivity contribution in [2.45, 2.75) is 6.92 Å². The number of imidazole rings is 1. The van der Waals surface area contributed by atoms with Crippen LogP contribution < -0.4 is 5.32 Å². The number of aromatic amines is 1. The molecule has 1 aliphatic rings. The number of aryl methyl sites for hydroxylation is 1. The van der Waals surface area contributed by atoms with Gasteiger partial charge in [-0.15, -0.1) is 0 Å². The molecule has 1 aromatic carbocycles. The highest BCUT2D eigenvalue weighted by molar-refractivity contribution is 7.71. The number of H-pyrrole nitrogens is 1. The first-order chi connectivity index (χ1) is 8.58. The van der Waals surface area contributed by atoms with Gasteiger partial charge < -0.3 is 4.98 Å². The minimum Gasteiger partial charge on any atom is -0.337 e. The molecule has 18 heavy (non-hydrogen) atoms. The number of hydrogen-bond donors (Lipinski definition) is 2. The second kappa shape index (κ2) is 3.64. The van der Waals surface area contributed by atoms with Crippen LogP contribution in [0.5, 0.6) is 0 Å². The van der Waals surface area contributed by atoms with Crippen LogP contribution in [-0.2, 0) is 0 Å². The van der Waals surface area contributed by atoms with Crippen molar-refractivity contribution in [3.05, 3.63) is 46.0 Å². The van der Waals surface area contributed by atoms with Crippen LogP contribution in [0.2, 0.25) is 0 Å². The predicted molar refractivity (Wildman–Crippen MR) is 67.5 cm³/mol. The fourth-order valence-electron chi connectivity index (χ4n) is 2.07. The number of nitrogens with one attached hydrogen (secondary N) is 2. The number of benzene rings is 1. The van der Waals surface area contributed by atoms with Gasteiger partial charge in [-0.2, -0.15) is 0 Å². The van der Waals surface area contributed by atoms with Crippen molar-refractivity contribution < 1.29 is 9.59 Å². The Morgan fingerprint density at radius 3 is 2.56 bits per heavy atom. The average molecular weight is 259 g/mol. The van der Waals surface area contributed by atoms with Crippen molar-refractivity contribution in [3.8, 4) is 5.69 Å². The van der Waals surface area contributed by atoms with E-state index in [4.69, 9.17) is 12.2 Å². The van der Waals surface area contributed by atoms with Crippen LogP contribution in [0.25, 0.3) is 5.69 Å². The van der Waals surface area contributed by atoms with E-state index in [-0.39, 0.29) is 11.8 Å². The van der Waals surface area contributed by atoms with E-state index in [2.05, 4.69) is 10.3 Å². The van der Waals surface area contributed by atoms with E-state index in [9.17, 15) is 9.59 Å². The monoisotopic (exact) mass is 259 g/mol. The molecule has 2 heterocycles. The van der Waals surface area contributed by atoms with Crippen LogP contribution in [0.4, 0.5) is 0 Å². The molecule has 0 saturated carbocycles. The first-order valence-electron chi connectivity index (χ1n) is 5.35. The smallest absolute Gasteiger partial charge is 0.259 e. The summed E-state index contributed by atoms with van der Waals surface area (Å²) < 4.78 is 2.36. The number of rotatable bonds is 1. The van der Waals surface area contributed by atoms with Crippen molar-refractivity contribution in [2.24, 2.45) is 0 Å². The van der Waals surface area contributed by atoms with E-state index in [1.807, 2.05) is 11.5 Å². The number of hydrogen-bond acceptors (Lipinski definition) is 3. The maximum atomic E-state index is 11.6. The number of imide groups is 1. The summed E-state index contributed by atoms with van der Waals surface area (Å²) in [5, 5.41) is 2.26. The van der Waals surface area contributed by atoms with Gasteiger partial charge in [0.1, 0.15) is 0 Å². The highest BCUT2D eigenvalue weighted by Gasteiger charge is 2.26. The molecule has 2 aromatic rings. The molecule has 6 heteroatoms. The SMILES string of the molecule is Cc1c[nH]c(=S)n1-c1ccc2c(c1)C(=O)NC2=O. The summed E-state index contributed by atoms with van der Waals surface area (Å²) in [6, 6.07) is 5.08. The van der Waals surface area contributed by atoms with E-state index in [1.54, 1.807) is 24.4 Å². The van der Waals surface area contributed by atoms with Crippen molar-refractivity contribution >= 4 is 24.0 Å². The van der Waals surface area contributed by atoms with Crippen molar-refractivity contribution in [1.29, 1.82) is 0 Å². The third kappa shape index (κ3) is 1.42. The maximum absolute atomic E-state index is 11.6. The number of fused-ring (bicyclic) bond motifs is 1. The minimum absolute atomic E-state index is 0.351. The van der Waals surface area contributed by atoms with Gasteiger partial charge in [0.25, 0.3) is 11.8 Å². The van der Waals surface area contributed by atoms with Crippen LogP contribution >= 0.6 is 12.2 Å². The molecule has 0 unspecified atom stereocenters. The summed E-state index contributed by atoms with van der Waals surface area (Å²) >= 11 is 5.18. The van der Waals surface area contributed by atoms with Gasteiger partial charge >= 0.3 is 0 Å². The molecule has 3 rings (SSSR count). The molecule has 0 radical (unpaired) electrons. The van der Waals surface area contributed by atoms with Crippen molar-refractivity contribution in [3.63, 3.8) is 0 Å². The zero-order valence-corrected chi connectivity index (χ0v) is 10.3. The Balaban J connectivity index is 2.23. The predicted octanol–water partition coefficient (Wildman–Crippen LogP) is 1.73. The standard InChI is InChI=1S/C12H9N3O2S/c1-6-5-13-12(18)15(6)7-2-3-8-9(4-7)11(17)14-10(8)16/h2-5H,1H3,(H,13,18)(H,14,16,17). The van der Waals surface area contributed by atoms with Gasteiger partial charge in [-0.05, 0) is 37.3 Å². The Hall–Kier alpha value is -2.21. The van der Waals surface area contributed by atoms with E-state index >= 15 is 0 Å². The summed E-state index contributed by atoms with van der Waals surface area (Å²) in [4.78, 5) is 26.0. The second-order valence-corrected chi connectivity index (χ2v) is 4.47. The molecule has 90 valence electrons. The van der Waals surface area contributed by atoms with Crippen LogP contribution in [-0.4, -0.2) is 21.4 Å². The molecule has 1 aromatic heterocycles. The Labute approximate surface area is 107 Å². The highest BCUT2D eigenvalue weighted by atomic mass is 32.1. The fraction of sp³-hybridized carbons (Fsp3) is 0.0833. The average Bonchev–Trinajstić information content (AvgIpc) is 2.81. The highest BCUT2D eigenvalue weighted by Crippen LogP contribution is 2.21. The zero-order valence-electron chi connectivity index (χ0n) is 9.48. The maximum Gasteiger partial charge on any atom is 0.259 e. The van der Waals surface area contributed by atoms with Gasteiger partial charge in [0, 0.05) is 17.6 Å². The molecule has 5 nitrogen and oxygen atoms in total. The lowest BCUT2D eigenvalue weighted by molar-refractivity contribution is 0.0879. The molecule has 0 saturated heterocycles. The van der Waals surface area contributed by atoms with E-state index in [0.717, 1.165) is 11.4 Å². The van der Waals surface area contributed by atoms with Gasteiger partial charge in [0.2, 0.25) is 0 Å². The third-order valence-electron chi connectivity index (χ3n) is 2.94. The summed E-state index contributed by atoms with van der Waals surface area (Å²) in [6.45, 7) is 1.91. The number of aromatic nitrogens is 2. The Morgan fingerprint density at radius 1 is 1.17 bits per heavy atom. The molecule has 2 amide bonds. The molecular formula is C12H9N3O2S. The quantitative estimate of drug-likeness (QED) is 0.605. The Kier molecular flexibility index (Phi) is 2.21. The van der Waals surface area contributed by atoms with Crippen LogP contribution in [0, 0.1) is 11.7 Å². The third-order valence-corrected chi connectivity index (χ3v) is 3.24. The minimum atomic E-state index is -0.364. The van der Waals surface area contributed by atoms with Gasteiger partial charge in [-0.25, -0.2) is 0 Å². The van der Waals surface area contributed by atoms with Gasteiger partial charge in [-0.3, -0.25) is 19.5 Å². The lowest BCUT2D eigenvalue weighted by Gasteiger charge is -2.06. The molecule has 0 fully saturated rings. The van der Waals surface area contributed by atoms with Gasteiger partial charge in [0.15, 0.2) is 4.77 Å². The lowest BCUT2D eigenvalue weighted by Crippen LogP contribution is -2.19. The summed E-state index contributed by atoms with van der Waals surface area (Å²) in [5.41, 5.74) is 2.50. The molecule has 0 aliphatic carbocycles. The normalized spacial score (nSPS) is 13.6. The van der Waals surface area contributed by atoms with Crippen molar-refractivity contribution in [2.75, 3.05) is 0 Å². The van der Waals surface area contributed by atoms with E-state index < -0.39 is 0 Å².